The average Bonchev–Trinajstić information content (AvgIpc) is 3.01. The minimum absolute atomic E-state index is 0. The van der Waals surface area contributed by atoms with Gasteiger partial charge in [-0.3, -0.25) is 0 Å². The zero-order valence-corrected chi connectivity index (χ0v) is 18.0. The molecule has 3 aliphatic carbocycles. The van der Waals surface area contributed by atoms with Gasteiger partial charge in [0.25, 0.3) is 0 Å². The van der Waals surface area contributed by atoms with Gasteiger partial charge in [0, 0.05) is 11.5 Å². The average molecular weight is 403 g/mol. The van der Waals surface area contributed by atoms with Crippen molar-refractivity contribution in [1.29, 1.82) is 0 Å². The molecular weight excluding hydrogens is 360 g/mol. The molecule has 0 aromatic carbocycles. The van der Waals surface area contributed by atoms with E-state index in [0.717, 1.165) is 43.6 Å². The molecule has 6 atom stereocenters. The first kappa shape index (κ1) is 22.6. The summed E-state index contributed by atoms with van der Waals surface area (Å²) in [5, 5.41) is 12.0. The van der Waals surface area contributed by atoms with Gasteiger partial charge >= 0.3 is 5.63 Å². The molecule has 1 N–H and O–H groups in total. The number of aliphatic hydroxyl groups is 1. The molecule has 3 saturated carbocycles. The summed E-state index contributed by atoms with van der Waals surface area (Å²) in [5.74, 6) is 1.74. The summed E-state index contributed by atoms with van der Waals surface area (Å²) in [6.45, 7) is 7.14. The van der Waals surface area contributed by atoms with Crippen LogP contribution in [0.4, 0.5) is 0 Å². The molecule has 29 heavy (non-hydrogen) atoms. The predicted octanol–water partition coefficient (Wildman–Crippen LogP) is 6.69. The highest BCUT2D eigenvalue weighted by Gasteiger charge is 2.62. The van der Waals surface area contributed by atoms with Crippen LogP contribution in [-0.4, -0.2) is 10.7 Å². The highest BCUT2D eigenvalue weighted by Crippen LogP contribution is 2.67. The van der Waals surface area contributed by atoms with Crippen LogP contribution in [0.25, 0.3) is 0 Å². The lowest BCUT2D eigenvalue weighted by Gasteiger charge is -2.57. The summed E-state index contributed by atoms with van der Waals surface area (Å²) in [7, 11) is 0. The Kier molecular flexibility index (Phi) is 6.40. The van der Waals surface area contributed by atoms with E-state index in [0.29, 0.717) is 17.3 Å². The number of rotatable bonds is 4. The van der Waals surface area contributed by atoms with Crippen molar-refractivity contribution < 1.29 is 9.52 Å². The fourth-order valence-corrected chi connectivity index (χ4v) is 7.89. The van der Waals surface area contributed by atoms with Crippen LogP contribution in [0, 0.1) is 22.7 Å². The van der Waals surface area contributed by atoms with Gasteiger partial charge in [-0.1, -0.05) is 47.5 Å². The predicted molar refractivity (Wildman–Crippen MR) is 119 cm³/mol. The fraction of sp³-hybridized carbons (Fsp3) is 0.808. The fourth-order valence-electron chi connectivity index (χ4n) is 7.89. The third-order valence-electron chi connectivity index (χ3n) is 9.60. The molecule has 3 heteroatoms. The Labute approximate surface area is 177 Å². The van der Waals surface area contributed by atoms with Crippen molar-refractivity contribution in [2.24, 2.45) is 22.7 Å². The summed E-state index contributed by atoms with van der Waals surface area (Å²) in [6, 6.07) is 3.47. The van der Waals surface area contributed by atoms with Gasteiger partial charge in [-0.25, -0.2) is 4.79 Å². The van der Waals surface area contributed by atoms with E-state index in [1.807, 2.05) is 6.07 Å². The van der Waals surface area contributed by atoms with Crippen LogP contribution in [0.3, 0.4) is 0 Å². The van der Waals surface area contributed by atoms with Crippen LogP contribution in [0.2, 0.25) is 0 Å². The lowest BCUT2D eigenvalue weighted by Crippen LogP contribution is -2.54. The monoisotopic (exact) mass is 402 g/mol. The molecule has 4 rings (SSSR count). The number of hydrogen-bond donors (Lipinski definition) is 1. The second-order valence-corrected chi connectivity index (χ2v) is 10.3. The van der Waals surface area contributed by atoms with E-state index >= 15 is 0 Å². The molecule has 6 unspecified atom stereocenters. The third-order valence-corrected chi connectivity index (χ3v) is 9.60. The van der Waals surface area contributed by atoms with E-state index in [2.05, 4.69) is 20.8 Å². The zero-order chi connectivity index (χ0) is 20.0. The SMILES string of the molecule is C.CCC1CCCCC1(C)C1CCC2(CC)C(c3ccc(=O)oc3)CCC2(O)C1. The van der Waals surface area contributed by atoms with Gasteiger partial charge < -0.3 is 9.52 Å². The molecule has 3 nitrogen and oxygen atoms in total. The molecule has 3 aliphatic rings. The van der Waals surface area contributed by atoms with Crippen molar-refractivity contribution in [3.05, 3.63) is 34.4 Å². The van der Waals surface area contributed by atoms with Crippen LogP contribution in [-0.2, 0) is 0 Å². The minimum atomic E-state index is -0.579. The molecule has 3 fully saturated rings. The van der Waals surface area contributed by atoms with Crippen LogP contribution >= 0.6 is 0 Å². The lowest BCUT2D eigenvalue weighted by molar-refractivity contribution is -0.143. The lowest BCUT2D eigenvalue weighted by atomic mass is 9.50. The quantitative estimate of drug-likeness (QED) is 0.610. The first-order valence-electron chi connectivity index (χ1n) is 11.7. The Morgan fingerprint density at radius 1 is 1.10 bits per heavy atom. The molecule has 1 heterocycles. The summed E-state index contributed by atoms with van der Waals surface area (Å²) < 4.78 is 5.20. The van der Waals surface area contributed by atoms with Gasteiger partial charge in [0.1, 0.15) is 0 Å². The Hall–Kier alpha value is -1.09. The van der Waals surface area contributed by atoms with Gasteiger partial charge in [0.2, 0.25) is 0 Å². The second kappa shape index (κ2) is 8.21. The Morgan fingerprint density at radius 2 is 1.90 bits per heavy atom. The Balaban J connectivity index is 0.00000240. The van der Waals surface area contributed by atoms with Gasteiger partial charge in [-0.2, -0.15) is 0 Å². The van der Waals surface area contributed by atoms with E-state index in [4.69, 9.17) is 4.42 Å². The van der Waals surface area contributed by atoms with E-state index in [1.165, 1.54) is 44.6 Å². The van der Waals surface area contributed by atoms with Gasteiger partial charge in [0.05, 0.1) is 11.9 Å². The second-order valence-electron chi connectivity index (χ2n) is 10.3. The van der Waals surface area contributed by atoms with Crippen LogP contribution in [0.5, 0.6) is 0 Å². The van der Waals surface area contributed by atoms with E-state index in [1.54, 1.807) is 6.26 Å². The summed E-state index contributed by atoms with van der Waals surface area (Å²) in [6.07, 6.45) is 14.5. The molecule has 1 aromatic rings. The van der Waals surface area contributed by atoms with E-state index in [9.17, 15) is 9.90 Å². The molecule has 0 saturated heterocycles. The smallest absolute Gasteiger partial charge is 0.335 e. The van der Waals surface area contributed by atoms with Crippen LogP contribution in [0.15, 0.2) is 27.6 Å². The highest BCUT2D eigenvalue weighted by atomic mass is 16.4. The molecule has 164 valence electrons. The van der Waals surface area contributed by atoms with Gasteiger partial charge in [0.15, 0.2) is 0 Å². The standard InChI is InChI=1S/C25H38O3.CH4/c1-4-19-8-6-7-13-23(19,3)20-11-14-24(5-2)21(12-15-25(24,27)16-20)18-9-10-22(26)28-17-18;/h9-10,17,19-21,27H,4-8,11-16H2,1-3H3;1H4. The molecule has 0 aliphatic heterocycles. The van der Waals surface area contributed by atoms with Crippen molar-refractivity contribution in [2.45, 2.75) is 110 Å². The van der Waals surface area contributed by atoms with Gasteiger partial charge in [-0.05, 0) is 86.2 Å². The zero-order valence-electron chi connectivity index (χ0n) is 18.0. The number of fused-ring (bicyclic) bond motifs is 1. The Morgan fingerprint density at radius 3 is 2.55 bits per heavy atom. The highest BCUT2D eigenvalue weighted by molar-refractivity contribution is 5.25. The third kappa shape index (κ3) is 3.42. The summed E-state index contributed by atoms with van der Waals surface area (Å²) in [5.41, 5.74) is 0.550. The maximum absolute atomic E-state index is 12.0. The van der Waals surface area contributed by atoms with Crippen LogP contribution < -0.4 is 5.63 Å². The van der Waals surface area contributed by atoms with Crippen molar-refractivity contribution in [3.8, 4) is 0 Å². The summed E-state index contributed by atoms with van der Waals surface area (Å²) >= 11 is 0. The molecule has 0 amide bonds. The normalized spacial score (nSPS) is 42.1. The molecule has 0 spiro atoms. The van der Waals surface area contributed by atoms with Gasteiger partial charge in [-0.15, -0.1) is 0 Å². The number of hydrogen-bond acceptors (Lipinski definition) is 3. The topological polar surface area (TPSA) is 50.4 Å². The van der Waals surface area contributed by atoms with Crippen molar-refractivity contribution in [1.82, 2.24) is 0 Å². The van der Waals surface area contributed by atoms with Crippen molar-refractivity contribution in [3.63, 3.8) is 0 Å². The van der Waals surface area contributed by atoms with Crippen LogP contribution in [0.1, 0.15) is 110 Å². The summed E-state index contributed by atoms with van der Waals surface area (Å²) in [4.78, 5) is 11.4. The molecule has 0 bridgehead atoms. The van der Waals surface area contributed by atoms with E-state index in [-0.39, 0.29) is 18.5 Å². The van der Waals surface area contributed by atoms with Crippen molar-refractivity contribution >= 4 is 0 Å². The van der Waals surface area contributed by atoms with E-state index < -0.39 is 5.60 Å². The largest absolute Gasteiger partial charge is 0.431 e. The molecular formula is C26H42O3. The first-order valence-corrected chi connectivity index (χ1v) is 11.7. The van der Waals surface area contributed by atoms with Crippen molar-refractivity contribution in [2.75, 3.05) is 0 Å². The molecule has 0 radical (unpaired) electrons. The maximum atomic E-state index is 12.0. The Bertz CT molecular complexity index is 734. The first-order chi connectivity index (χ1) is 13.4. The molecule has 1 aromatic heterocycles. The minimum Gasteiger partial charge on any atom is -0.431 e. The maximum Gasteiger partial charge on any atom is 0.335 e.